The van der Waals surface area contributed by atoms with Gasteiger partial charge in [0.15, 0.2) is 0 Å². The van der Waals surface area contributed by atoms with Gasteiger partial charge < -0.3 is 4.74 Å². The molecule has 0 spiro atoms. The first-order valence-corrected chi connectivity index (χ1v) is 8.00. The van der Waals surface area contributed by atoms with Crippen molar-refractivity contribution in [3.05, 3.63) is 60.7 Å². The Balaban J connectivity index is 0.000000239. The number of rotatable bonds is 4. The molecule has 2 aromatic carbocycles. The zero-order chi connectivity index (χ0) is 16.3. The van der Waals surface area contributed by atoms with Gasteiger partial charge in [0.2, 0.25) is 0 Å². The minimum Gasteiger partial charge on any atom is -0.457 e. The summed E-state index contributed by atoms with van der Waals surface area (Å²) in [4.78, 5) is 0. The van der Waals surface area contributed by atoms with Gasteiger partial charge in [0, 0.05) is 0 Å². The Morgan fingerprint density at radius 1 is 0.773 bits per heavy atom. The fourth-order valence-corrected chi connectivity index (χ4v) is 2.02. The summed E-state index contributed by atoms with van der Waals surface area (Å²) in [5.41, 5.74) is 0. The summed E-state index contributed by atoms with van der Waals surface area (Å²) in [6.07, 6.45) is 0. The predicted molar refractivity (Wildman–Crippen MR) is 91.9 cm³/mol. The number of para-hydroxylation sites is 2. The maximum absolute atomic E-state index is 10.2. The Bertz CT molecular complexity index is 719. The first-order valence-electron chi connectivity index (χ1n) is 5.78. The van der Waals surface area contributed by atoms with E-state index in [0.717, 1.165) is 11.5 Å². The van der Waals surface area contributed by atoms with Crippen molar-refractivity contribution in [3.63, 3.8) is 0 Å². The molecule has 22 heavy (non-hydrogen) atoms. The molecule has 0 aliphatic carbocycles. The maximum Gasteiger partial charge on any atom is 0.379 e. The van der Waals surface area contributed by atoms with Crippen LogP contribution in [0.15, 0.2) is 69.5 Å². The third-order valence-electron chi connectivity index (χ3n) is 2.03. The van der Waals surface area contributed by atoms with Gasteiger partial charge in [-0.1, -0.05) is 45.2 Å². The Morgan fingerprint density at radius 3 is 1.45 bits per heavy atom. The molecular weight excluding hydrogens is 340 g/mol. The second-order valence-electron chi connectivity index (χ2n) is 3.54. The molecular formula is C14H10N2O3S3. The number of hydrogen-bond donors (Lipinski definition) is 0. The van der Waals surface area contributed by atoms with Crippen LogP contribution < -0.4 is 4.74 Å². The van der Waals surface area contributed by atoms with Gasteiger partial charge in [-0.05, 0) is 48.7 Å². The normalized spacial score (nSPS) is 9.27. The summed E-state index contributed by atoms with van der Waals surface area (Å²) in [6, 6.07) is 19.5. The third-order valence-corrected chi connectivity index (χ3v) is 3.09. The van der Waals surface area contributed by atoms with Crippen LogP contribution in [0.2, 0.25) is 0 Å². The van der Waals surface area contributed by atoms with Crippen LogP contribution in [0.4, 0.5) is 0 Å². The zero-order valence-electron chi connectivity index (χ0n) is 11.1. The Kier molecular flexibility index (Phi) is 7.85. The van der Waals surface area contributed by atoms with Crippen molar-refractivity contribution in [2.24, 2.45) is 8.80 Å². The van der Waals surface area contributed by atoms with E-state index in [1.54, 1.807) is 10.3 Å². The molecule has 8 heteroatoms. The van der Waals surface area contributed by atoms with Crippen LogP contribution in [0.1, 0.15) is 0 Å². The second kappa shape index (κ2) is 9.68. The van der Waals surface area contributed by atoms with Crippen LogP contribution in [-0.2, 0) is 10.2 Å². The monoisotopic (exact) mass is 350 g/mol. The van der Waals surface area contributed by atoms with Crippen LogP contribution in [0.25, 0.3) is 0 Å². The highest BCUT2D eigenvalue weighted by Crippen LogP contribution is 2.19. The molecule has 2 rings (SSSR count). The fraction of sp³-hybridized carbons (Fsp3) is 0. The highest BCUT2D eigenvalue weighted by atomic mass is 32.2. The Labute approximate surface area is 139 Å². The molecule has 0 radical (unpaired) electrons. The van der Waals surface area contributed by atoms with Crippen LogP contribution in [-0.4, -0.2) is 18.7 Å². The van der Waals surface area contributed by atoms with Crippen molar-refractivity contribution < 1.29 is 13.2 Å². The van der Waals surface area contributed by atoms with Crippen molar-refractivity contribution >= 4 is 45.0 Å². The fourth-order valence-electron chi connectivity index (χ4n) is 1.23. The maximum atomic E-state index is 10.2. The first-order chi connectivity index (χ1) is 10.6. The van der Waals surface area contributed by atoms with Gasteiger partial charge in [0.05, 0.1) is 10.3 Å². The van der Waals surface area contributed by atoms with E-state index in [-0.39, 0.29) is 0 Å². The molecule has 0 heterocycles. The molecule has 0 N–H and O–H groups in total. The molecule has 0 atom stereocenters. The third kappa shape index (κ3) is 7.54. The van der Waals surface area contributed by atoms with Crippen molar-refractivity contribution in [3.8, 4) is 11.5 Å². The second-order valence-corrected chi connectivity index (χ2v) is 5.17. The molecule has 5 nitrogen and oxygen atoms in total. The smallest absolute Gasteiger partial charge is 0.379 e. The van der Waals surface area contributed by atoms with E-state index < -0.39 is 10.2 Å². The molecule has 112 valence electrons. The average Bonchev–Trinajstić information content (AvgIpc) is 2.50. The molecule has 0 fully saturated rings. The van der Waals surface area contributed by atoms with Crippen molar-refractivity contribution in [1.82, 2.24) is 0 Å². The lowest BCUT2D eigenvalue weighted by atomic mass is 10.3. The molecule has 0 bridgehead atoms. The summed E-state index contributed by atoms with van der Waals surface area (Å²) < 4.78 is 31.4. The van der Waals surface area contributed by atoms with Gasteiger partial charge in [0.1, 0.15) is 11.5 Å². The minimum atomic E-state index is -3.86. The molecule has 0 saturated carbocycles. The van der Waals surface area contributed by atoms with Gasteiger partial charge in [-0.2, -0.15) is 8.42 Å². The summed E-state index contributed by atoms with van der Waals surface area (Å²) in [5, 5.41) is 3.27. The SMILES string of the molecule is O=S(=O)(N=C=S)N=C=S.c1ccc(Oc2ccccc2)cc1. The van der Waals surface area contributed by atoms with Crippen molar-refractivity contribution in [1.29, 1.82) is 0 Å². The van der Waals surface area contributed by atoms with Crippen LogP contribution in [0, 0.1) is 0 Å². The topological polar surface area (TPSA) is 68.1 Å². The molecule has 0 aliphatic heterocycles. The standard InChI is InChI=1S/C12H10O.C2N2O2S3/c1-3-7-11(8-4-1)13-12-9-5-2-6-10-12;5-9(6,3-1-7)4-2-8/h1-10H;. The lowest BCUT2D eigenvalue weighted by Crippen LogP contribution is -1.85. The number of ether oxygens (including phenoxy) is 1. The first kappa shape index (κ1) is 17.8. The Morgan fingerprint density at radius 2 is 1.14 bits per heavy atom. The summed E-state index contributed by atoms with van der Waals surface area (Å²) in [5.74, 6) is 1.74. The van der Waals surface area contributed by atoms with Crippen LogP contribution in [0.5, 0.6) is 11.5 Å². The van der Waals surface area contributed by atoms with E-state index in [1.165, 1.54) is 0 Å². The van der Waals surface area contributed by atoms with Crippen LogP contribution >= 0.6 is 24.4 Å². The number of isothiocyanates is 2. The van der Waals surface area contributed by atoms with Gasteiger partial charge in [-0.25, -0.2) is 0 Å². The highest BCUT2D eigenvalue weighted by Gasteiger charge is 1.98. The van der Waals surface area contributed by atoms with E-state index in [9.17, 15) is 8.42 Å². The number of benzene rings is 2. The summed E-state index contributed by atoms with van der Waals surface area (Å²) in [6.45, 7) is 0. The van der Waals surface area contributed by atoms with Gasteiger partial charge >= 0.3 is 10.2 Å². The van der Waals surface area contributed by atoms with E-state index in [2.05, 4.69) is 33.2 Å². The van der Waals surface area contributed by atoms with Crippen LogP contribution in [0.3, 0.4) is 0 Å². The number of thiocarbonyl (C=S) groups is 2. The quantitative estimate of drug-likeness (QED) is 0.617. The Hall–Kier alpha value is -2.21. The zero-order valence-corrected chi connectivity index (χ0v) is 13.6. The lowest BCUT2D eigenvalue weighted by Gasteiger charge is -2.03. The van der Waals surface area contributed by atoms with E-state index in [4.69, 9.17) is 4.74 Å². The lowest BCUT2D eigenvalue weighted by molar-refractivity contribution is 0.482. The molecule has 0 amide bonds. The highest BCUT2D eigenvalue weighted by molar-refractivity contribution is 7.90. The van der Waals surface area contributed by atoms with E-state index in [0.29, 0.717) is 0 Å². The largest absolute Gasteiger partial charge is 0.457 e. The average molecular weight is 350 g/mol. The van der Waals surface area contributed by atoms with Gasteiger partial charge in [-0.3, -0.25) is 0 Å². The summed E-state index contributed by atoms with van der Waals surface area (Å²) in [7, 11) is -3.86. The molecule has 0 unspecified atom stereocenters. The number of hydrogen-bond acceptors (Lipinski definition) is 5. The van der Waals surface area contributed by atoms with E-state index in [1.807, 2.05) is 60.7 Å². The van der Waals surface area contributed by atoms with Gasteiger partial charge in [0.25, 0.3) is 0 Å². The molecule has 2 aromatic rings. The molecule has 0 aromatic heterocycles. The number of nitrogens with zero attached hydrogens (tertiary/aromatic N) is 2. The molecule has 0 aliphatic rings. The summed E-state index contributed by atoms with van der Waals surface area (Å²) >= 11 is 7.99. The molecule has 0 saturated heterocycles. The van der Waals surface area contributed by atoms with E-state index >= 15 is 0 Å². The predicted octanol–water partition coefficient (Wildman–Crippen LogP) is 3.92. The van der Waals surface area contributed by atoms with Gasteiger partial charge in [-0.15, -0.1) is 0 Å². The minimum absolute atomic E-state index is 0.869. The van der Waals surface area contributed by atoms with Crippen molar-refractivity contribution in [2.75, 3.05) is 0 Å². The van der Waals surface area contributed by atoms with Crippen molar-refractivity contribution in [2.45, 2.75) is 0 Å².